The zero-order chi connectivity index (χ0) is 26.1. The molecule has 1 saturated heterocycles. The number of halogens is 3. The maximum atomic E-state index is 15.9. The molecule has 0 radical (unpaired) electrons. The number of hydrogen-bond donors (Lipinski definition) is 2. The van der Waals surface area contributed by atoms with E-state index in [0.717, 1.165) is 34.3 Å². The predicted molar refractivity (Wildman–Crippen MR) is 128 cm³/mol. The highest BCUT2D eigenvalue weighted by molar-refractivity contribution is 7.88. The van der Waals surface area contributed by atoms with Crippen LogP contribution in [0.2, 0.25) is 0 Å². The van der Waals surface area contributed by atoms with Crippen molar-refractivity contribution < 1.29 is 31.5 Å². The van der Waals surface area contributed by atoms with Gasteiger partial charge in [-0.05, 0) is 30.2 Å². The maximum absolute atomic E-state index is 15.9. The van der Waals surface area contributed by atoms with Crippen molar-refractivity contribution in [1.29, 1.82) is 0 Å². The van der Waals surface area contributed by atoms with Crippen molar-refractivity contribution in [3.05, 3.63) is 83.4 Å². The van der Waals surface area contributed by atoms with Crippen molar-refractivity contribution in [3.8, 4) is 0 Å². The van der Waals surface area contributed by atoms with E-state index in [1.54, 1.807) is 36.4 Å². The van der Waals surface area contributed by atoms with E-state index < -0.39 is 57.0 Å². The molecule has 7 nitrogen and oxygen atoms in total. The molecule has 0 bridgehead atoms. The molecule has 11 heteroatoms. The smallest absolute Gasteiger partial charge is 0.319 e. The standard InChI is InChI=1S/C25H28F3N3O4S/c1-36(34,35)30-14-11-25(22(28)17-30,20-16-19(26)8-9-21(20)27)29-23(33)31-13-5-10-24(31,12-15-32)18-6-3-2-4-7-18/h2-10,16,22,32H,11-15,17H2,1H3,(H,29,33). The number of nitrogens with zero attached hydrogens (tertiary/aromatic N) is 2. The zero-order valence-corrected chi connectivity index (χ0v) is 20.5. The number of sulfonamides is 1. The van der Waals surface area contributed by atoms with Crippen LogP contribution in [0.4, 0.5) is 18.0 Å². The summed E-state index contributed by atoms with van der Waals surface area (Å²) in [5.74, 6) is -1.74. The Balaban J connectivity index is 1.75. The number of nitrogens with one attached hydrogen (secondary N) is 1. The van der Waals surface area contributed by atoms with E-state index in [1.807, 2.05) is 6.07 Å². The first-order valence-corrected chi connectivity index (χ1v) is 13.4. The molecular formula is C25H28F3N3O4S. The Bertz CT molecular complexity index is 1260. The van der Waals surface area contributed by atoms with Gasteiger partial charge in [0.1, 0.15) is 23.3 Å². The molecule has 4 rings (SSSR count). The fourth-order valence-electron chi connectivity index (χ4n) is 5.18. The van der Waals surface area contributed by atoms with Crippen molar-refractivity contribution in [1.82, 2.24) is 14.5 Å². The molecule has 2 aromatic carbocycles. The summed E-state index contributed by atoms with van der Waals surface area (Å²) in [4.78, 5) is 15.2. The molecule has 2 amide bonds. The minimum Gasteiger partial charge on any atom is -0.396 e. The topological polar surface area (TPSA) is 90.0 Å². The number of alkyl halides is 1. The van der Waals surface area contributed by atoms with E-state index in [0.29, 0.717) is 0 Å². The predicted octanol–water partition coefficient (Wildman–Crippen LogP) is 3.02. The second-order valence-electron chi connectivity index (χ2n) is 9.14. The summed E-state index contributed by atoms with van der Waals surface area (Å²) >= 11 is 0. The number of piperidine rings is 1. The fourth-order valence-corrected chi connectivity index (χ4v) is 6.00. The SMILES string of the molecule is CS(=O)(=O)N1CCC(NC(=O)N2CC=CC2(CCO)c2ccccc2)(c2cc(F)ccc2F)C(F)C1. The van der Waals surface area contributed by atoms with Crippen LogP contribution in [0.15, 0.2) is 60.7 Å². The lowest BCUT2D eigenvalue weighted by Crippen LogP contribution is -2.64. The third-order valence-electron chi connectivity index (χ3n) is 7.04. The maximum Gasteiger partial charge on any atom is 0.319 e. The second-order valence-corrected chi connectivity index (χ2v) is 11.1. The van der Waals surface area contributed by atoms with Gasteiger partial charge in [0.2, 0.25) is 10.0 Å². The van der Waals surface area contributed by atoms with Crippen LogP contribution in [0.25, 0.3) is 0 Å². The van der Waals surface area contributed by atoms with E-state index >= 15 is 4.39 Å². The van der Waals surface area contributed by atoms with Gasteiger partial charge in [-0.25, -0.2) is 26.4 Å². The van der Waals surface area contributed by atoms with E-state index in [4.69, 9.17) is 0 Å². The van der Waals surface area contributed by atoms with Gasteiger partial charge >= 0.3 is 6.03 Å². The second kappa shape index (κ2) is 9.87. The van der Waals surface area contributed by atoms with Crippen LogP contribution in [-0.4, -0.2) is 67.4 Å². The number of carbonyl (C=O) groups is 1. The van der Waals surface area contributed by atoms with Gasteiger partial charge in [0.15, 0.2) is 0 Å². The summed E-state index contributed by atoms with van der Waals surface area (Å²) in [5.41, 5.74) is -2.73. The lowest BCUT2D eigenvalue weighted by molar-refractivity contribution is 0.0622. The van der Waals surface area contributed by atoms with Crippen molar-refractivity contribution >= 4 is 16.1 Å². The van der Waals surface area contributed by atoms with Crippen molar-refractivity contribution in [2.45, 2.75) is 30.1 Å². The molecule has 0 aliphatic carbocycles. The number of carbonyl (C=O) groups excluding carboxylic acids is 1. The largest absolute Gasteiger partial charge is 0.396 e. The fraction of sp³-hybridized carbons (Fsp3) is 0.400. The van der Waals surface area contributed by atoms with E-state index in [-0.39, 0.29) is 32.5 Å². The summed E-state index contributed by atoms with van der Waals surface area (Å²) in [6, 6.07) is 10.8. The molecule has 36 heavy (non-hydrogen) atoms. The molecular weight excluding hydrogens is 495 g/mol. The average molecular weight is 524 g/mol. The number of aliphatic hydroxyl groups is 1. The summed E-state index contributed by atoms with van der Waals surface area (Å²) in [7, 11) is -3.75. The van der Waals surface area contributed by atoms with Crippen LogP contribution in [0, 0.1) is 11.6 Å². The minimum atomic E-state index is -3.75. The van der Waals surface area contributed by atoms with Gasteiger partial charge in [-0.15, -0.1) is 0 Å². The Kier molecular flexibility index (Phi) is 7.18. The lowest BCUT2D eigenvalue weighted by atomic mass is 9.79. The Hall–Kier alpha value is -2.89. The van der Waals surface area contributed by atoms with Crippen molar-refractivity contribution in [2.24, 2.45) is 0 Å². The Morgan fingerprint density at radius 2 is 1.92 bits per heavy atom. The summed E-state index contributed by atoms with van der Waals surface area (Å²) in [6.07, 6.45) is 2.24. The van der Waals surface area contributed by atoms with Crippen LogP contribution in [-0.2, 0) is 21.1 Å². The summed E-state index contributed by atoms with van der Waals surface area (Å²) in [6.45, 7) is -0.946. The molecule has 0 aromatic heterocycles. The van der Waals surface area contributed by atoms with Gasteiger partial charge in [-0.1, -0.05) is 42.5 Å². The van der Waals surface area contributed by atoms with Crippen LogP contribution < -0.4 is 5.32 Å². The number of hydrogen-bond acceptors (Lipinski definition) is 4. The first-order valence-electron chi connectivity index (χ1n) is 11.5. The highest BCUT2D eigenvalue weighted by Crippen LogP contribution is 2.41. The number of amides is 2. The molecule has 1 fully saturated rings. The molecule has 2 heterocycles. The summed E-state index contributed by atoms with van der Waals surface area (Å²) in [5, 5.41) is 12.4. The molecule has 3 atom stereocenters. The number of benzene rings is 2. The van der Waals surface area contributed by atoms with E-state index in [9.17, 15) is 27.1 Å². The number of urea groups is 1. The van der Waals surface area contributed by atoms with Crippen molar-refractivity contribution in [2.75, 3.05) is 32.5 Å². The highest BCUT2D eigenvalue weighted by atomic mass is 32.2. The quantitative estimate of drug-likeness (QED) is 0.570. The van der Waals surface area contributed by atoms with Gasteiger partial charge < -0.3 is 15.3 Å². The van der Waals surface area contributed by atoms with Crippen LogP contribution in [0.3, 0.4) is 0 Å². The molecule has 3 unspecified atom stereocenters. The molecule has 0 spiro atoms. The molecule has 2 aliphatic heterocycles. The third-order valence-corrected chi connectivity index (χ3v) is 8.31. The lowest BCUT2D eigenvalue weighted by Gasteiger charge is -2.46. The van der Waals surface area contributed by atoms with Gasteiger partial charge in [-0.2, -0.15) is 4.31 Å². The first-order chi connectivity index (χ1) is 17.0. The van der Waals surface area contributed by atoms with Gasteiger partial charge in [0, 0.05) is 38.2 Å². The Morgan fingerprint density at radius 1 is 1.19 bits per heavy atom. The minimum absolute atomic E-state index is 0.134. The van der Waals surface area contributed by atoms with E-state index in [1.165, 1.54) is 4.90 Å². The Morgan fingerprint density at radius 3 is 2.56 bits per heavy atom. The third kappa shape index (κ3) is 4.62. The van der Waals surface area contributed by atoms with Crippen LogP contribution in [0.1, 0.15) is 24.0 Å². The van der Waals surface area contributed by atoms with E-state index in [2.05, 4.69) is 5.32 Å². The van der Waals surface area contributed by atoms with Crippen molar-refractivity contribution in [3.63, 3.8) is 0 Å². The average Bonchev–Trinajstić information content (AvgIpc) is 3.27. The van der Waals surface area contributed by atoms with Gasteiger partial charge in [-0.3, -0.25) is 0 Å². The molecule has 2 aliphatic rings. The number of rotatable bonds is 6. The van der Waals surface area contributed by atoms with Crippen LogP contribution >= 0.6 is 0 Å². The molecule has 0 saturated carbocycles. The summed E-state index contributed by atoms with van der Waals surface area (Å²) < 4.78 is 70.1. The Labute approximate surface area is 208 Å². The van der Waals surface area contributed by atoms with Gasteiger partial charge in [0.25, 0.3) is 0 Å². The molecule has 2 N–H and O–H groups in total. The highest BCUT2D eigenvalue weighted by Gasteiger charge is 2.51. The monoisotopic (exact) mass is 523 g/mol. The van der Waals surface area contributed by atoms with Gasteiger partial charge in [0.05, 0.1) is 11.8 Å². The molecule has 2 aromatic rings. The van der Waals surface area contributed by atoms with Crippen LogP contribution in [0.5, 0.6) is 0 Å². The zero-order valence-electron chi connectivity index (χ0n) is 19.7. The first kappa shape index (κ1) is 26.2. The molecule has 194 valence electrons. The number of aliphatic hydroxyl groups excluding tert-OH is 1. The normalized spacial score (nSPS) is 26.8.